The molecule has 0 aromatic rings. The predicted molar refractivity (Wildman–Crippen MR) is 96.1 cm³/mol. The van der Waals surface area contributed by atoms with Gasteiger partial charge in [-0.05, 0) is 38.5 Å². The van der Waals surface area contributed by atoms with Crippen LogP contribution in [-0.2, 0) is 10.0 Å². The zero-order valence-corrected chi connectivity index (χ0v) is 15.7. The van der Waals surface area contributed by atoms with Crippen molar-refractivity contribution in [3.63, 3.8) is 0 Å². The summed E-state index contributed by atoms with van der Waals surface area (Å²) in [6.07, 6.45) is 1.77. The minimum absolute atomic E-state index is 0.0825. The maximum absolute atomic E-state index is 11.4. The molecule has 0 saturated carbocycles. The fourth-order valence-electron chi connectivity index (χ4n) is 2.18. The first-order valence-electron chi connectivity index (χ1n) is 8.44. The van der Waals surface area contributed by atoms with Crippen molar-refractivity contribution in [3.05, 3.63) is 0 Å². The summed E-state index contributed by atoms with van der Waals surface area (Å²) < 4.78 is 25.2. The molecule has 0 aliphatic carbocycles. The Morgan fingerprint density at radius 3 is 2.39 bits per heavy atom. The van der Waals surface area contributed by atoms with Gasteiger partial charge in [0, 0.05) is 32.8 Å². The highest BCUT2D eigenvalue weighted by Crippen LogP contribution is 2.15. The molecule has 138 valence electrons. The Hall–Kier alpha value is -0.860. The second-order valence-electron chi connectivity index (χ2n) is 5.95. The van der Waals surface area contributed by atoms with E-state index in [-0.39, 0.29) is 12.4 Å². The van der Waals surface area contributed by atoms with Gasteiger partial charge in [0.25, 0.3) is 0 Å². The Bertz CT molecular complexity index is 424. The molecule has 0 heterocycles. The molecule has 0 rings (SSSR count). The maximum Gasteiger partial charge on any atom is 0.211 e. The molecule has 1 atom stereocenters. The van der Waals surface area contributed by atoms with Gasteiger partial charge in [-0.25, -0.2) is 13.1 Å². The van der Waals surface area contributed by atoms with Crippen LogP contribution in [0.15, 0.2) is 4.99 Å². The Balaban J connectivity index is 4.40. The number of aliphatic imine (C=N–C) groups is 1. The average Bonchev–Trinajstić information content (AvgIpc) is 2.48. The molecule has 4 N–H and O–H groups in total. The highest BCUT2D eigenvalue weighted by Gasteiger charge is 2.11. The van der Waals surface area contributed by atoms with Crippen molar-refractivity contribution >= 4 is 16.0 Å². The Morgan fingerprint density at radius 2 is 1.87 bits per heavy atom. The highest BCUT2D eigenvalue weighted by atomic mass is 32.2. The monoisotopic (exact) mass is 350 g/mol. The van der Waals surface area contributed by atoms with Crippen LogP contribution in [0.3, 0.4) is 0 Å². The van der Waals surface area contributed by atoms with Crippen LogP contribution in [0.1, 0.15) is 40.5 Å². The number of guanidine groups is 1. The van der Waals surface area contributed by atoms with Gasteiger partial charge in [0.15, 0.2) is 5.96 Å². The summed E-state index contributed by atoms with van der Waals surface area (Å²) in [7, 11) is -3.15. The van der Waals surface area contributed by atoms with Gasteiger partial charge in [-0.1, -0.05) is 13.8 Å². The first-order chi connectivity index (χ1) is 10.8. The van der Waals surface area contributed by atoms with Gasteiger partial charge in [-0.15, -0.1) is 0 Å². The van der Waals surface area contributed by atoms with E-state index in [4.69, 9.17) is 5.11 Å². The molecule has 0 amide bonds. The van der Waals surface area contributed by atoms with E-state index in [0.29, 0.717) is 37.4 Å². The molecule has 0 aromatic carbocycles. The van der Waals surface area contributed by atoms with Gasteiger partial charge in [-0.3, -0.25) is 4.99 Å². The summed E-state index contributed by atoms with van der Waals surface area (Å²) in [5, 5.41) is 15.4. The topological polar surface area (TPSA) is 103 Å². The summed E-state index contributed by atoms with van der Waals surface area (Å²) in [6, 6.07) is 0. The summed E-state index contributed by atoms with van der Waals surface area (Å²) in [6.45, 7) is 10.3. The fraction of sp³-hybridized carbons (Fsp3) is 0.933. The number of nitrogens with one attached hydrogen (secondary N) is 3. The van der Waals surface area contributed by atoms with Crippen LogP contribution < -0.4 is 15.4 Å². The van der Waals surface area contributed by atoms with Gasteiger partial charge in [-0.2, -0.15) is 0 Å². The van der Waals surface area contributed by atoms with Gasteiger partial charge < -0.3 is 15.7 Å². The Labute approximate surface area is 141 Å². The fourth-order valence-corrected chi connectivity index (χ4v) is 2.80. The minimum Gasteiger partial charge on any atom is -0.396 e. The van der Waals surface area contributed by atoms with E-state index in [1.165, 1.54) is 0 Å². The largest absolute Gasteiger partial charge is 0.396 e. The third-order valence-corrected chi connectivity index (χ3v) is 4.72. The molecule has 8 heteroatoms. The van der Waals surface area contributed by atoms with Crippen LogP contribution in [0.25, 0.3) is 0 Å². The second kappa shape index (κ2) is 12.5. The van der Waals surface area contributed by atoms with Crippen molar-refractivity contribution in [2.45, 2.75) is 40.5 Å². The third-order valence-electron chi connectivity index (χ3n) is 3.31. The van der Waals surface area contributed by atoms with E-state index in [2.05, 4.69) is 34.2 Å². The van der Waals surface area contributed by atoms with Crippen LogP contribution in [0.4, 0.5) is 0 Å². The summed E-state index contributed by atoms with van der Waals surface area (Å²) in [5.74, 6) is 1.68. The van der Waals surface area contributed by atoms with E-state index in [9.17, 15) is 8.42 Å². The quantitative estimate of drug-likeness (QED) is 0.233. The summed E-state index contributed by atoms with van der Waals surface area (Å²) >= 11 is 0. The van der Waals surface area contributed by atoms with Crippen LogP contribution in [0, 0.1) is 11.8 Å². The van der Waals surface area contributed by atoms with Gasteiger partial charge >= 0.3 is 0 Å². The standard InChI is InChI=1S/C15H34N4O3S/c1-5-16-15(17-8-9-19-23(21,22)6-2)18-12-14(7-10-20)11-13(3)4/h13-14,19-20H,5-12H2,1-4H3,(H2,16,17,18). The van der Waals surface area contributed by atoms with Crippen molar-refractivity contribution in [2.75, 3.05) is 38.5 Å². The van der Waals surface area contributed by atoms with Crippen LogP contribution in [0.5, 0.6) is 0 Å². The summed E-state index contributed by atoms with van der Waals surface area (Å²) in [4.78, 5) is 4.55. The highest BCUT2D eigenvalue weighted by molar-refractivity contribution is 7.89. The van der Waals surface area contributed by atoms with Crippen LogP contribution >= 0.6 is 0 Å². The van der Waals surface area contributed by atoms with Crippen molar-refractivity contribution in [1.82, 2.24) is 15.4 Å². The lowest BCUT2D eigenvalue weighted by Gasteiger charge is -2.17. The van der Waals surface area contributed by atoms with E-state index in [1.54, 1.807) is 6.92 Å². The van der Waals surface area contributed by atoms with Crippen molar-refractivity contribution in [2.24, 2.45) is 16.8 Å². The van der Waals surface area contributed by atoms with Crippen molar-refractivity contribution in [3.8, 4) is 0 Å². The predicted octanol–water partition coefficient (Wildman–Crippen LogP) is 0.526. The van der Waals surface area contributed by atoms with Gasteiger partial charge in [0.1, 0.15) is 0 Å². The normalized spacial score (nSPS) is 14.1. The minimum atomic E-state index is -3.15. The van der Waals surface area contributed by atoms with Gasteiger partial charge in [0.2, 0.25) is 10.0 Å². The van der Waals surface area contributed by atoms with Gasteiger partial charge in [0.05, 0.1) is 5.75 Å². The van der Waals surface area contributed by atoms with E-state index in [1.807, 2.05) is 6.92 Å². The number of sulfonamides is 1. The molecule has 23 heavy (non-hydrogen) atoms. The first kappa shape index (κ1) is 22.1. The molecule has 7 nitrogen and oxygen atoms in total. The smallest absolute Gasteiger partial charge is 0.211 e. The number of hydrogen-bond acceptors (Lipinski definition) is 4. The number of aliphatic hydroxyl groups excluding tert-OH is 1. The molecular formula is C15H34N4O3S. The third kappa shape index (κ3) is 12.3. The SMILES string of the molecule is CCNC(=NCC(CCO)CC(C)C)NCCNS(=O)(=O)CC. The maximum atomic E-state index is 11.4. The average molecular weight is 351 g/mol. The van der Waals surface area contributed by atoms with Crippen LogP contribution in [0.2, 0.25) is 0 Å². The molecule has 0 spiro atoms. The second-order valence-corrected chi connectivity index (χ2v) is 8.05. The van der Waals surface area contributed by atoms with Crippen LogP contribution in [-0.4, -0.2) is 58.0 Å². The zero-order valence-electron chi connectivity index (χ0n) is 14.9. The first-order valence-corrected chi connectivity index (χ1v) is 10.1. The van der Waals surface area contributed by atoms with E-state index in [0.717, 1.165) is 19.4 Å². The zero-order chi connectivity index (χ0) is 17.7. The number of nitrogens with zero attached hydrogens (tertiary/aromatic N) is 1. The molecule has 0 fully saturated rings. The molecule has 1 unspecified atom stereocenters. The van der Waals surface area contributed by atoms with E-state index >= 15 is 0 Å². The number of aliphatic hydroxyl groups is 1. The van der Waals surface area contributed by atoms with E-state index < -0.39 is 10.0 Å². The van der Waals surface area contributed by atoms with Crippen molar-refractivity contribution in [1.29, 1.82) is 0 Å². The molecule has 0 aliphatic rings. The molecular weight excluding hydrogens is 316 g/mol. The molecule has 0 saturated heterocycles. The lowest BCUT2D eigenvalue weighted by atomic mass is 9.94. The lowest BCUT2D eigenvalue weighted by Crippen LogP contribution is -2.42. The molecule has 0 aromatic heterocycles. The summed E-state index contributed by atoms with van der Waals surface area (Å²) in [5.41, 5.74) is 0. The Morgan fingerprint density at radius 1 is 1.17 bits per heavy atom. The number of hydrogen-bond donors (Lipinski definition) is 4. The number of rotatable bonds is 12. The Kier molecular flexibility index (Phi) is 12.1. The molecule has 0 radical (unpaired) electrons. The molecule has 0 aliphatic heterocycles. The molecule has 0 bridgehead atoms. The van der Waals surface area contributed by atoms with Crippen molar-refractivity contribution < 1.29 is 13.5 Å². The lowest BCUT2D eigenvalue weighted by molar-refractivity contribution is 0.245.